The van der Waals surface area contributed by atoms with Gasteiger partial charge in [0, 0.05) is 0 Å². The van der Waals surface area contributed by atoms with Crippen molar-refractivity contribution in [1.29, 1.82) is 0 Å². The highest BCUT2D eigenvalue weighted by atomic mass is 14.1. The molecule has 0 heterocycles. The van der Waals surface area contributed by atoms with Gasteiger partial charge in [0.15, 0.2) is 0 Å². The van der Waals surface area contributed by atoms with Crippen molar-refractivity contribution in [3.05, 3.63) is 158 Å². The monoisotopic (exact) mass is 550 g/mol. The maximum Gasteiger partial charge on any atom is -0.00988 e. The summed E-state index contributed by atoms with van der Waals surface area (Å²) in [5.41, 5.74) is 5.07. The molecule has 0 nitrogen and oxygen atoms in total. The fraction of sp³-hybridized carbons (Fsp3) is 0.0698. The van der Waals surface area contributed by atoms with Crippen molar-refractivity contribution in [2.75, 3.05) is 0 Å². The van der Waals surface area contributed by atoms with Gasteiger partial charge < -0.3 is 0 Å². The van der Waals surface area contributed by atoms with Crippen LogP contribution in [-0.2, 0) is 0 Å². The van der Waals surface area contributed by atoms with Crippen molar-refractivity contribution in [1.82, 2.24) is 0 Å². The first-order chi connectivity index (χ1) is 21.2. The molecular formula is C43H34. The van der Waals surface area contributed by atoms with Crippen LogP contribution in [0.4, 0.5) is 0 Å². The Balaban J connectivity index is 0.000000558. The van der Waals surface area contributed by atoms with E-state index in [1.807, 2.05) is 6.92 Å². The van der Waals surface area contributed by atoms with Gasteiger partial charge >= 0.3 is 0 Å². The summed E-state index contributed by atoms with van der Waals surface area (Å²) in [6.45, 7) is 4.16. The van der Waals surface area contributed by atoms with E-state index in [4.69, 9.17) is 0 Å². The molecule has 8 aromatic carbocycles. The molecule has 0 aliphatic heterocycles. The first kappa shape index (κ1) is 26.7. The minimum absolute atomic E-state index is 1.16. The molecule has 0 aromatic heterocycles. The Bertz CT molecular complexity index is 2130. The molecule has 0 saturated carbocycles. The maximum absolute atomic E-state index is 2.34. The van der Waals surface area contributed by atoms with E-state index >= 15 is 0 Å². The number of hydrogen-bond donors (Lipinski definition) is 0. The Kier molecular flexibility index (Phi) is 7.19. The molecule has 0 radical (unpaired) electrons. The number of rotatable bonds is 3. The van der Waals surface area contributed by atoms with Crippen LogP contribution in [0.1, 0.15) is 20.3 Å². The Morgan fingerprint density at radius 3 is 1.19 bits per heavy atom. The van der Waals surface area contributed by atoms with E-state index in [0.29, 0.717) is 0 Å². The molecule has 0 aliphatic carbocycles. The van der Waals surface area contributed by atoms with Gasteiger partial charge in [0.2, 0.25) is 0 Å². The zero-order valence-corrected chi connectivity index (χ0v) is 24.7. The van der Waals surface area contributed by atoms with Gasteiger partial charge in [0.25, 0.3) is 0 Å². The molecular weight excluding hydrogens is 516 g/mol. The van der Waals surface area contributed by atoms with Crippen LogP contribution in [0.15, 0.2) is 158 Å². The van der Waals surface area contributed by atoms with Crippen LogP contribution in [0.2, 0.25) is 0 Å². The minimum Gasteiger partial charge on any atom is -0.0917 e. The lowest BCUT2D eigenvalue weighted by molar-refractivity contribution is 1.22. The first-order valence-electron chi connectivity index (χ1n) is 15.2. The van der Waals surface area contributed by atoms with Gasteiger partial charge in [-0.3, -0.25) is 0 Å². The average Bonchev–Trinajstić information content (AvgIpc) is 3.08. The van der Waals surface area contributed by atoms with Crippen LogP contribution < -0.4 is 0 Å². The molecule has 0 N–H and O–H groups in total. The number of fused-ring (bicyclic) bond motifs is 7. The van der Waals surface area contributed by atoms with Crippen molar-refractivity contribution in [3.8, 4) is 22.3 Å². The van der Waals surface area contributed by atoms with Gasteiger partial charge in [-0.1, -0.05) is 140 Å². The van der Waals surface area contributed by atoms with Crippen LogP contribution in [0.3, 0.4) is 0 Å². The zero-order chi connectivity index (χ0) is 29.2. The Labute approximate surface area is 253 Å². The molecule has 206 valence electrons. The van der Waals surface area contributed by atoms with Crippen molar-refractivity contribution in [2.24, 2.45) is 0 Å². The smallest absolute Gasteiger partial charge is 0.00988 e. The third-order valence-corrected chi connectivity index (χ3v) is 8.47. The molecule has 8 aromatic rings. The molecule has 0 aliphatic rings. The normalized spacial score (nSPS) is 11.5. The molecule has 0 amide bonds. The predicted octanol–water partition coefficient (Wildman–Crippen LogP) is 12.8. The second-order valence-electron chi connectivity index (χ2n) is 11.1. The quantitative estimate of drug-likeness (QED) is 0.152. The summed E-state index contributed by atoms with van der Waals surface area (Å²) in [7, 11) is 0. The molecule has 43 heavy (non-hydrogen) atoms. The Morgan fingerprint density at radius 2 is 0.791 bits per heavy atom. The van der Waals surface area contributed by atoms with Gasteiger partial charge in [-0.25, -0.2) is 0 Å². The van der Waals surface area contributed by atoms with Crippen LogP contribution in [0.25, 0.3) is 76.1 Å². The standard InChI is InChI=1S/C38H24.C5H10/c1-3-11-31-27(9-1)23-37(35-15-7-5-13-33(31)35)29-19-17-26-22-30(20-18-25(26)21-29)38-24-28-10-2-4-12-32(28)34-14-6-8-16-36(34)38;1-3-5-4-2/h1-24H;3,5H,4H2,1-2H3/b;5-3-. The lowest BCUT2D eigenvalue weighted by atomic mass is 9.90. The molecule has 0 fully saturated rings. The third-order valence-electron chi connectivity index (χ3n) is 8.47. The van der Waals surface area contributed by atoms with Crippen molar-refractivity contribution in [3.63, 3.8) is 0 Å². The van der Waals surface area contributed by atoms with Crippen LogP contribution >= 0.6 is 0 Å². The molecule has 8 rings (SSSR count). The maximum atomic E-state index is 2.34. The van der Waals surface area contributed by atoms with Gasteiger partial charge in [-0.05, 0) is 114 Å². The van der Waals surface area contributed by atoms with Crippen molar-refractivity contribution in [2.45, 2.75) is 20.3 Å². The van der Waals surface area contributed by atoms with E-state index in [9.17, 15) is 0 Å². The van der Waals surface area contributed by atoms with E-state index in [1.54, 1.807) is 0 Å². The fourth-order valence-electron chi connectivity index (χ4n) is 6.40. The Morgan fingerprint density at radius 1 is 0.395 bits per heavy atom. The lowest BCUT2D eigenvalue weighted by Crippen LogP contribution is -1.87. The van der Waals surface area contributed by atoms with Gasteiger partial charge in [-0.2, -0.15) is 0 Å². The molecule has 0 saturated heterocycles. The summed E-state index contributed by atoms with van der Waals surface area (Å²) in [5.74, 6) is 0. The Hall–Kier alpha value is -5.20. The molecule has 0 spiro atoms. The number of allylic oxidation sites excluding steroid dienone is 2. The van der Waals surface area contributed by atoms with E-state index in [0.717, 1.165) is 6.42 Å². The second kappa shape index (κ2) is 11.6. The van der Waals surface area contributed by atoms with E-state index in [1.165, 1.54) is 76.1 Å². The van der Waals surface area contributed by atoms with Gasteiger partial charge in [0.05, 0.1) is 0 Å². The number of hydrogen-bond acceptors (Lipinski definition) is 0. The summed E-state index contributed by atoms with van der Waals surface area (Å²) in [6, 6.07) is 53.4. The minimum atomic E-state index is 1.16. The molecule has 0 bridgehead atoms. The van der Waals surface area contributed by atoms with Crippen LogP contribution in [-0.4, -0.2) is 0 Å². The van der Waals surface area contributed by atoms with E-state index < -0.39 is 0 Å². The summed E-state index contributed by atoms with van der Waals surface area (Å²) in [4.78, 5) is 0. The van der Waals surface area contributed by atoms with E-state index in [2.05, 4.69) is 165 Å². The van der Waals surface area contributed by atoms with Gasteiger partial charge in [0.1, 0.15) is 0 Å². The molecule has 0 atom stereocenters. The van der Waals surface area contributed by atoms with Gasteiger partial charge in [-0.15, -0.1) is 0 Å². The van der Waals surface area contributed by atoms with Crippen molar-refractivity contribution >= 4 is 53.9 Å². The summed E-state index contributed by atoms with van der Waals surface area (Å²) >= 11 is 0. The second-order valence-corrected chi connectivity index (χ2v) is 11.1. The summed E-state index contributed by atoms with van der Waals surface area (Å²) in [5, 5.41) is 12.9. The van der Waals surface area contributed by atoms with Crippen molar-refractivity contribution < 1.29 is 0 Å². The summed E-state index contributed by atoms with van der Waals surface area (Å²) < 4.78 is 0. The largest absolute Gasteiger partial charge is 0.0917 e. The molecule has 0 unspecified atom stereocenters. The first-order valence-corrected chi connectivity index (χ1v) is 15.2. The summed E-state index contributed by atoms with van der Waals surface area (Å²) in [6.07, 6.45) is 5.34. The SMILES string of the molecule is C/C=C\CC.c1ccc2c(c1)cc(-c1ccc3cc(-c4cc5ccccc5c5ccccc45)ccc3c1)c1ccccc12. The van der Waals surface area contributed by atoms with Crippen LogP contribution in [0, 0.1) is 0 Å². The molecule has 0 heteroatoms. The zero-order valence-electron chi connectivity index (χ0n) is 24.7. The average molecular weight is 551 g/mol. The fourth-order valence-corrected chi connectivity index (χ4v) is 6.40. The lowest BCUT2D eigenvalue weighted by Gasteiger charge is -2.13. The third kappa shape index (κ3) is 4.96. The van der Waals surface area contributed by atoms with Crippen LogP contribution in [0.5, 0.6) is 0 Å². The van der Waals surface area contributed by atoms with E-state index in [-0.39, 0.29) is 0 Å². The number of benzene rings is 8. The highest BCUT2D eigenvalue weighted by Crippen LogP contribution is 2.38. The predicted molar refractivity (Wildman–Crippen MR) is 190 cm³/mol. The topological polar surface area (TPSA) is 0 Å². The highest BCUT2D eigenvalue weighted by Gasteiger charge is 2.11. The highest BCUT2D eigenvalue weighted by molar-refractivity contribution is 6.15.